The molecule has 6 nitrogen and oxygen atoms in total. The van der Waals surface area contributed by atoms with Gasteiger partial charge in [-0.2, -0.15) is 0 Å². The van der Waals surface area contributed by atoms with E-state index in [4.69, 9.17) is 16.1 Å². The minimum atomic E-state index is -0.654. The van der Waals surface area contributed by atoms with E-state index in [-0.39, 0.29) is 17.1 Å². The van der Waals surface area contributed by atoms with Crippen LogP contribution in [0.2, 0.25) is 5.02 Å². The van der Waals surface area contributed by atoms with Crippen LogP contribution in [0.1, 0.15) is 17.0 Å². The highest BCUT2D eigenvalue weighted by Crippen LogP contribution is 2.33. The van der Waals surface area contributed by atoms with Crippen LogP contribution >= 0.6 is 11.6 Å². The number of aromatic nitrogens is 3. The highest BCUT2D eigenvalue weighted by atomic mass is 35.5. The van der Waals surface area contributed by atoms with E-state index in [1.54, 1.807) is 13.1 Å². The van der Waals surface area contributed by atoms with E-state index in [1.807, 2.05) is 11.8 Å². The van der Waals surface area contributed by atoms with Gasteiger partial charge in [-0.1, -0.05) is 16.8 Å². The molecule has 0 saturated heterocycles. The smallest absolute Gasteiger partial charge is 0.172 e. The number of halogens is 3. The molecular weight excluding hydrogens is 376 g/mol. The maximum Gasteiger partial charge on any atom is 0.172 e. The van der Waals surface area contributed by atoms with Crippen molar-refractivity contribution in [3.8, 4) is 11.3 Å². The lowest BCUT2D eigenvalue weighted by atomic mass is 10.1. The molecule has 2 aromatic heterocycles. The van der Waals surface area contributed by atoms with Crippen LogP contribution < -0.4 is 10.2 Å². The number of fused-ring (bicyclic) bond motifs is 1. The first kappa shape index (κ1) is 17.7. The molecule has 1 aromatic carbocycles. The second-order valence-electron chi connectivity index (χ2n) is 6.30. The number of rotatable bonds is 3. The number of hydrogen-bond acceptors (Lipinski definition) is 6. The lowest BCUT2D eigenvalue weighted by Gasteiger charge is -2.30. The zero-order chi connectivity index (χ0) is 19.1. The van der Waals surface area contributed by atoms with Crippen LogP contribution in [0, 0.1) is 25.5 Å². The van der Waals surface area contributed by atoms with E-state index < -0.39 is 11.6 Å². The standard InChI is InChI=1S/C18H16ClF2N5O/c1-9-15(10(2)27-25-9)14-7-23-17-18(24-14)26(6-5-22-17)8-11-12(20)3-4-13(21)16(11)19/h3-4,7H,5-6,8H2,1-2H3,(H,22,23). The van der Waals surface area contributed by atoms with Crippen molar-refractivity contribution in [2.75, 3.05) is 23.3 Å². The molecule has 0 spiro atoms. The van der Waals surface area contributed by atoms with Crippen LogP contribution in [0.5, 0.6) is 0 Å². The van der Waals surface area contributed by atoms with Gasteiger partial charge >= 0.3 is 0 Å². The third-order valence-electron chi connectivity index (χ3n) is 4.51. The molecule has 1 aliphatic rings. The van der Waals surface area contributed by atoms with Crippen LogP contribution in [0.3, 0.4) is 0 Å². The van der Waals surface area contributed by atoms with Gasteiger partial charge in [0, 0.05) is 25.2 Å². The largest absolute Gasteiger partial charge is 0.365 e. The molecule has 0 atom stereocenters. The van der Waals surface area contributed by atoms with Crippen LogP contribution in [0.25, 0.3) is 11.3 Å². The van der Waals surface area contributed by atoms with E-state index in [1.165, 1.54) is 0 Å². The molecule has 0 amide bonds. The van der Waals surface area contributed by atoms with Gasteiger partial charge in [-0.25, -0.2) is 18.7 Å². The molecule has 0 bridgehead atoms. The van der Waals surface area contributed by atoms with E-state index in [9.17, 15) is 8.78 Å². The Kier molecular flexibility index (Phi) is 4.43. The predicted octanol–water partition coefficient (Wildman–Crippen LogP) is 4.11. The first-order chi connectivity index (χ1) is 13.0. The molecule has 0 fully saturated rings. The maximum absolute atomic E-state index is 14.2. The zero-order valence-electron chi connectivity index (χ0n) is 14.7. The van der Waals surface area contributed by atoms with Crippen molar-refractivity contribution in [1.29, 1.82) is 0 Å². The quantitative estimate of drug-likeness (QED) is 0.678. The second-order valence-corrected chi connectivity index (χ2v) is 6.67. The number of nitrogens with zero attached hydrogens (tertiary/aromatic N) is 4. The van der Waals surface area contributed by atoms with Crippen molar-refractivity contribution in [1.82, 2.24) is 15.1 Å². The molecule has 0 unspecified atom stereocenters. The summed E-state index contributed by atoms with van der Waals surface area (Å²) in [6, 6.07) is 2.09. The average molecular weight is 392 g/mol. The monoisotopic (exact) mass is 391 g/mol. The molecule has 140 valence electrons. The number of aryl methyl sites for hydroxylation is 2. The van der Waals surface area contributed by atoms with Gasteiger partial charge in [0.05, 0.1) is 28.2 Å². The van der Waals surface area contributed by atoms with Gasteiger partial charge in [0.2, 0.25) is 0 Å². The van der Waals surface area contributed by atoms with Crippen molar-refractivity contribution in [3.63, 3.8) is 0 Å². The molecule has 0 aliphatic carbocycles. The highest BCUT2D eigenvalue weighted by Gasteiger charge is 2.24. The minimum absolute atomic E-state index is 0.0802. The van der Waals surface area contributed by atoms with Crippen LogP contribution in [-0.2, 0) is 6.54 Å². The Labute approximate surface area is 159 Å². The Hall–Kier alpha value is -2.74. The second kappa shape index (κ2) is 6.77. The summed E-state index contributed by atoms with van der Waals surface area (Å²) in [7, 11) is 0. The van der Waals surface area contributed by atoms with Crippen molar-refractivity contribution in [3.05, 3.63) is 52.0 Å². The number of benzene rings is 1. The summed E-state index contributed by atoms with van der Waals surface area (Å²) in [6.07, 6.45) is 1.64. The fourth-order valence-electron chi connectivity index (χ4n) is 3.17. The molecule has 4 rings (SSSR count). The van der Waals surface area contributed by atoms with Crippen molar-refractivity contribution in [2.45, 2.75) is 20.4 Å². The number of anilines is 2. The molecule has 3 heterocycles. The van der Waals surface area contributed by atoms with E-state index in [2.05, 4.69) is 20.4 Å². The molecule has 9 heteroatoms. The minimum Gasteiger partial charge on any atom is -0.365 e. The normalized spacial score (nSPS) is 13.4. The summed E-state index contributed by atoms with van der Waals surface area (Å²) in [5.41, 5.74) is 2.17. The molecule has 1 N–H and O–H groups in total. The van der Waals surface area contributed by atoms with Gasteiger partial charge in [0.25, 0.3) is 0 Å². The lowest BCUT2D eigenvalue weighted by Crippen LogP contribution is -2.35. The first-order valence-corrected chi connectivity index (χ1v) is 8.75. The molecule has 0 saturated carbocycles. The van der Waals surface area contributed by atoms with E-state index in [0.29, 0.717) is 41.9 Å². The summed E-state index contributed by atoms with van der Waals surface area (Å²) in [4.78, 5) is 10.9. The van der Waals surface area contributed by atoms with Crippen LogP contribution in [0.4, 0.5) is 20.4 Å². The Morgan fingerprint density at radius 1 is 1.26 bits per heavy atom. The fraction of sp³-hybridized carbons (Fsp3) is 0.278. The highest BCUT2D eigenvalue weighted by molar-refractivity contribution is 6.31. The summed E-state index contributed by atoms with van der Waals surface area (Å²) < 4.78 is 33.2. The summed E-state index contributed by atoms with van der Waals surface area (Å²) in [5.74, 6) is 0.537. The van der Waals surface area contributed by atoms with Gasteiger partial charge in [0.1, 0.15) is 17.4 Å². The number of hydrogen-bond donors (Lipinski definition) is 1. The summed E-state index contributed by atoms with van der Waals surface area (Å²) in [5, 5.41) is 6.89. The maximum atomic E-state index is 14.2. The lowest BCUT2D eigenvalue weighted by molar-refractivity contribution is 0.393. The van der Waals surface area contributed by atoms with Crippen molar-refractivity contribution < 1.29 is 13.3 Å². The van der Waals surface area contributed by atoms with E-state index >= 15 is 0 Å². The number of nitrogens with one attached hydrogen (secondary N) is 1. The summed E-state index contributed by atoms with van der Waals surface area (Å²) >= 11 is 5.98. The van der Waals surface area contributed by atoms with Crippen molar-refractivity contribution >= 4 is 23.2 Å². The Bertz CT molecular complexity index is 1000. The first-order valence-electron chi connectivity index (χ1n) is 8.37. The van der Waals surface area contributed by atoms with Crippen molar-refractivity contribution in [2.24, 2.45) is 0 Å². The van der Waals surface area contributed by atoms with Gasteiger partial charge in [-0.3, -0.25) is 0 Å². The Morgan fingerprint density at radius 2 is 2.04 bits per heavy atom. The van der Waals surface area contributed by atoms with Gasteiger partial charge in [-0.15, -0.1) is 0 Å². The third-order valence-corrected chi connectivity index (χ3v) is 4.91. The molecular formula is C18H16ClF2N5O. The van der Waals surface area contributed by atoms with Gasteiger partial charge < -0.3 is 14.7 Å². The third kappa shape index (κ3) is 3.10. The Morgan fingerprint density at radius 3 is 2.78 bits per heavy atom. The average Bonchev–Trinajstić information content (AvgIpc) is 3.00. The SMILES string of the molecule is Cc1noc(C)c1-c1cnc2c(n1)N(Cc1c(F)ccc(F)c1Cl)CCN2. The van der Waals surface area contributed by atoms with Crippen LogP contribution in [-0.4, -0.2) is 28.2 Å². The molecule has 1 aliphatic heterocycles. The fourth-order valence-corrected chi connectivity index (χ4v) is 3.38. The molecule has 0 radical (unpaired) electrons. The Balaban J connectivity index is 1.75. The van der Waals surface area contributed by atoms with Crippen LogP contribution in [0.15, 0.2) is 22.9 Å². The summed E-state index contributed by atoms with van der Waals surface area (Å²) in [6.45, 7) is 4.84. The topological polar surface area (TPSA) is 67.1 Å². The van der Waals surface area contributed by atoms with E-state index in [0.717, 1.165) is 17.7 Å². The molecule has 27 heavy (non-hydrogen) atoms. The van der Waals surface area contributed by atoms with Gasteiger partial charge in [-0.05, 0) is 26.0 Å². The predicted molar refractivity (Wildman–Crippen MR) is 97.9 cm³/mol. The van der Waals surface area contributed by atoms with Gasteiger partial charge in [0.15, 0.2) is 11.6 Å². The zero-order valence-corrected chi connectivity index (χ0v) is 15.4. The molecule has 3 aromatic rings.